The largest absolute Gasteiger partial charge is 0.434 e. The van der Waals surface area contributed by atoms with E-state index in [1.165, 1.54) is 12.1 Å². The summed E-state index contributed by atoms with van der Waals surface area (Å²) in [6, 6.07) is 3.39. The van der Waals surface area contributed by atoms with Crippen LogP contribution in [0.2, 0.25) is 0 Å². The highest BCUT2D eigenvalue weighted by Gasteiger charge is 2.34. The second-order valence-corrected chi connectivity index (χ2v) is 6.68. The van der Waals surface area contributed by atoms with Crippen molar-refractivity contribution >= 4 is 11.6 Å². The fourth-order valence-corrected chi connectivity index (χ4v) is 3.33. The molecule has 0 atom stereocenters. The first kappa shape index (κ1) is 19.0. The van der Waals surface area contributed by atoms with Gasteiger partial charge in [0.1, 0.15) is 0 Å². The molecule has 7 nitrogen and oxygen atoms in total. The van der Waals surface area contributed by atoms with Gasteiger partial charge >= 0.3 is 11.9 Å². The number of primary amides is 1. The Balaban J connectivity index is 1.76. The monoisotopic (exact) mass is 384 g/mol. The summed E-state index contributed by atoms with van der Waals surface area (Å²) in [5, 5.41) is 8.57. The number of carbonyl (C=O) groups excluding carboxylic acids is 1. The zero-order chi connectivity index (χ0) is 19.6. The number of rotatable bonds is 5. The van der Waals surface area contributed by atoms with E-state index in [-0.39, 0.29) is 34.9 Å². The van der Waals surface area contributed by atoms with Crippen LogP contribution in [0.15, 0.2) is 27.4 Å². The Morgan fingerprint density at radius 2 is 2.00 bits per heavy atom. The summed E-state index contributed by atoms with van der Waals surface area (Å²) in [5.41, 5.74) is 4.63. The van der Waals surface area contributed by atoms with E-state index in [4.69, 9.17) is 10.2 Å². The molecule has 146 valence electrons. The molecule has 1 fully saturated rings. The summed E-state index contributed by atoms with van der Waals surface area (Å²) in [6.45, 7) is 0.336. The molecule has 10 heteroatoms. The van der Waals surface area contributed by atoms with Crippen molar-refractivity contribution in [2.24, 2.45) is 17.6 Å². The third kappa shape index (κ3) is 4.50. The van der Waals surface area contributed by atoms with Crippen molar-refractivity contribution in [2.75, 3.05) is 11.9 Å². The summed E-state index contributed by atoms with van der Waals surface area (Å²) in [5.74, 6) is -1.20. The Labute approximate surface area is 152 Å². The third-order valence-electron chi connectivity index (χ3n) is 4.84. The highest BCUT2D eigenvalue weighted by Crippen LogP contribution is 2.37. The van der Waals surface area contributed by atoms with Crippen LogP contribution >= 0.6 is 0 Å². The number of anilines is 1. The van der Waals surface area contributed by atoms with Crippen molar-refractivity contribution in [3.8, 4) is 11.5 Å². The molecule has 0 bridgehead atoms. The van der Waals surface area contributed by atoms with E-state index in [0.717, 1.165) is 18.9 Å². The molecule has 1 saturated carbocycles. The van der Waals surface area contributed by atoms with Gasteiger partial charge in [0.25, 0.3) is 0 Å². The van der Waals surface area contributed by atoms with Gasteiger partial charge in [-0.15, -0.1) is 5.10 Å². The number of hydrogen-bond donors (Lipinski definition) is 3. The van der Waals surface area contributed by atoms with Crippen LogP contribution < -0.4 is 16.8 Å². The summed E-state index contributed by atoms with van der Waals surface area (Å²) >= 11 is 0. The number of hydrogen-bond acceptors (Lipinski definition) is 5. The van der Waals surface area contributed by atoms with Gasteiger partial charge in [0.05, 0.1) is 5.56 Å². The standard InChI is InChI=1S/C17H19F3N4O3/c18-17(19,20)12-6-5-11(15-23-24-16(26)27-15)7-13(12)22-8-9-1-3-10(4-2-9)14(21)25/h5-7,9-10,22H,1-4,8H2,(H2,21,25)(H,24,26). The van der Waals surface area contributed by atoms with Crippen LogP contribution in [0.4, 0.5) is 18.9 Å². The first-order valence-electron chi connectivity index (χ1n) is 8.54. The fraction of sp³-hybridized carbons (Fsp3) is 0.471. The highest BCUT2D eigenvalue weighted by molar-refractivity contribution is 5.76. The fourth-order valence-electron chi connectivity index (χ4n) is 3.33. The van der Waals surface area contributed by atoms with E-state index in [0.29, 0.717) is 19.4 Å². The van der Waals surface area contributed by atoms with Gasteiger partial charge in [-0.1, -0.05) is 0 Å². The first-order valence-corrected chi connectivity index (χ1v) is 8.54. The minimum Gasteiger partial charge on any atom is -0.388 e. The van der Waals surface area contributed by atoms with Crippen molar-refractivity contribution in [1.29, 1.82) is 0 Å². The van der Waals surface area contributed by atoms with Crippen LogP contribution in [0.25, 0.3) is 11.5 Å². The molecular formula is C17H19F3N4O3. The average Bonchev–Trinajstić information content (AvgIpc) is 3.05. The topological polar surface area (TPSA) is 114 Å². The number of alkyl halides is 3. The zero-order valence-corrected chi connectivity index (χ0v) is 14.3. The van der Waals surface area contributed by atoms with Crippen molar-refractivity contribution in [3.05, 3.63) is 34.3 Å². The maximum Gasteiger partial charge on any atom is 0.434 e. The summed E-state index contributed by atoms with van der Waals surface area (Å²) < 4.78 is 44.7. The van der Waals surface area contributed by atoms with E-state index in [1.807, 2.05) is 0 Å². The molecule has 1 aromatic heterocycles. The normalized spacial score (nSPS) is 20.4. The number of nitrogens with zero attached hydrogens (tertiary/aromatic N) is 1. The number of benzene rings is 1. The quantitative estimate of drug-likeness (QED) is 0.733. The lowest BCUT2D eigenvalue weighted by Gasteiger charge is -2.27. The van der Waals surface area contributed by atoms with Gasteiger partial charge in [-0.2, -0.15) is 13.2 Å². The first-order chi connectivity index (χ1) is 12.7. The van der Waals surface area contributed by atoms with Gasteiger partial charge < -0.3 is 15.5 Å². The van der Waals surface area contributed by atoms with Crippen LogP contribution in [0.5, 0.6) is 0 Å². The number of amides is 1. The molecule has 1 aromatic carbocycles. The van der Waals surface area contributed by atoms with E-state index in [1.54, 1.807) is 0 Å². The third-order valence-corrected chi connectivity index (χ3v) is 4.84. The molecule has 4 N–H and O–H groups in total. The number of nitrogens with two attached hydrogens (primary N) is 1. The van der Waals surface area contributed by atoms with E-state index < -0.39 is 17.5 Å². The lowest BCUT2D eigenvalue weighted by Crippen LogP contribution is -2.29. The number of aromatic nitrogens is 2. The lowest BCUT2D eigenvalue weighted by atomic mass is 9.81. The summed E-state index contributed by atoms with van der Waals surface area (Å²) in [7, 11) is 0. The number of aromatic amines is 1. The number of carbonyl (C=O) groups is 1. The molecule has 0 saturated heterocycles. The van der Waals surface area contributed by atoms with Gasteiger partial charge in [0.2, 0.25) is 11.8 Å². The number of H-pyrrole nitrogens is 1. The molecule has 1 aliphatic rings. The predicted molar refractivity (Wildman–Crippen MR) is 90.7 cm³/mol. The number of halogens is 3. The Kier molecular flexibility index (Phi) is 5.24. The lowest BCUT2D eigenvalue weighted by molar-refractivity contribution is -0.137. The minimum absolute atomic E-state index is 0.0845. The van der Waals surface area contributed by atoms with E-state index in [9.17, 15) is 22.8 Å². The van der Waals surface area contributed by atoms with Gasteiger partial charge in [0.15, 0.2) is 0 Å². The molecular weight excluding hydrogens is 365 g/mol. The van der Waals surface area contributed by atoms with Gasteiger partial charge in [0, 0.05) is 23.7 Å². The maximum atomic E-state index is 13.3. The van der Waals surface area contributed by atoms with Crippen molar-refractivity contribution in [3.63, 3.8) is 0 Å². The number of nitrogens with one attached hydrogen (secondary N) is 2. The van der Waals surface area contributed by atoms with Crippen molar-refractivity contribution < 1.29 is 22.4 Å². The van der Waals surface area contributed by atoms with Crippen LogP contribution in [0.3, 0.4) is 0 Å². The van der Waals surface area contributed by atoms with Crippen LogP contribution in [0.1, 0.15) is 31.2 Å². The molecule has 3 rings (SSSR count). The molecule has 0 aliphatic heterocycles. The molecule has 0 unspecified atom stereocenters. The maximum absolute atomic E-state index is 13.3. The predicted octanol–water partition coefficient (Wildman–Crippen LogP) is 2.75. The van der Waals surface area contributed by atoms with Crippen molar-refractivity contribution in [1.82, 2.24) is 10.2 Å². The molecule has 0 spiro atoms. The molecule has 27 heavy (non-hydrogen) atoms. The van der Waals surface area contributed by atoms with Crippen LogP contribution in [0, 0.1) is 11.8 Å². The summed E-state index contributed by atoms with van der Waals surface area (Å²) in [4.78, 5) is 22.3. The second-order valence-electron chi connectivity index (χ2n) is 6.68. The Bertz CT molecular complexity index is 867. The summed E-state index contributed by atoms with van der Waals surface area (Å²) in [6.07, 6.45) is -1.80. The Hall–Kier alpha value is -2.78. The van der Waals surface area contributed by atoms with Gasteiger partial charge in [-0.25, -0.2) is 9.89 Å². The average molecular weight is 384 g/mol. The smallest absolute Gasteiger partial charge is 0.388 e. The Morgan fingerprint density at radius 1 is 1.30 bits per heavy atom. The molecule has 1 aliphatic carbocycles. The second kappa shape index (κ2) is 7.45. The zero-order valence-electron chi connectivity index (χ0n) is 14.3. The SMILES string of the molecule is NC(=O)C1CCC(CNc2cc(-c3n[nH]c(=O)o3)ccc2C(F)(F)F)CC1. The molecule has 1 amide bonds. The van der Waals surface area contributed by atoms with Crippen LogP contribution in [-0.2, 0) is 11.0 Å². The van der Waals surface area contributed by atoms with Gasteiger partial charge in [-0.05, 0) is 49.8 Å². The van der Waals surface area contributed by atoms with Gasteiger partial charge in [-0.3, -0.25) is 4.79 Å². The molecule has 2 aromatic rings. The van der Waals surface area contributed by atoms with Crippen molar-refractivity contribution in [2.45, 2.75) is 31.9 Å². The highest BCUT2D eigenvalue weighted by atomic mass is 19.4. The minimum atomic E-state index is -4.53. The molecule has 1 heterocycles. The Morgan fingerprint density at radius 3 is 2.56 bits per heavy atom. The molecule has 0 radical (unpaired) electrons. The van der Waals surface area contributed by atoms with E-state index in [2.05, 4.69) is 15.5 Å². The van der Waals surface area contributed by atoms with Crippen LogP contribution in [-0.4, -0.2) is 22.6 Å². The van der Waals surface area contributed by atoms with E-state index >= 15 is 0 Å².